The Hall–Kier alpha value is -0.570. The van der Waals surface area contributed by atoms with Crippen molar-refractivity contribution in [3.8, 4) is 0 Å². The van der Waals surface area contributed by atoms with E-state index in [9.17, 15) is 4.79 Å². The summed E-state index contributed by atoms with van der Waals surface area (Å²) in [4.78, 5) is 13.0. The van der Waals surface area contributed by atoms with Gasteiger partial charge in [-0.15, -0.1) is 0 Å². The summed E-state index contributed by atoms with van der Waals surface area (Å²) >= 11 is 0. The van der Waals surface area contributed by atoms with Gasteiger partial charge in [0.1, 0.15) is 0 Å². The zero-order valence-electron chi connectivity index (χ0n) is 7.97. The fourth-order valence-corrected chi connectivity index (χ4v) is 1.70. The second-order valence-corrected chi connectivity index (χ2v) is 3.51. The standard InChI is InChI=1S/C9H18N2O/c1-8-4-3-6-11(8)7-5-10-9(2)12/h8H,3-7H2,1-2H3,(H,10,12). The van der Waals surface area contributed by atoms with Gasteiger partial charge < -0.3 is 5.32 Å². The zero-order chi connectivity index (χ0) is 8.97. The van der Waals surface area contributed by atoms with Crippen LogP contribution >= 0.6 is 0 Å². The maximum absolute atomic E-state index is 10.6. The zero-order valence-corrected chi connectivity index (χ0v) is 7.97. The van der Waals surface area contributed by atoms with Gasteiger partial charge in [-0.1, -0.05) is 0 Å². The molecule has 1 aliphatic heterocycles. The Balaban J connectivity index is 2.10. The number of hydrogen-bond donors (Lipinski definition) is 1. The van der Waals surface area contributed by atoms with Crippen molar-refractivity contribution in [2.75, 3.05) is 19.6 Å². The number of carbonyl (C=O) groups excluding carboxylic acids is 1. The first-order valence-electron chi connectivity index (χ1n) is 4.68. The number of carbonyl (C=O) groups is 1. The molecule has 1 amide bonds. The summed E-state index contributed by atoms with van der Waals surface area (Å²) in [6, 6.07) is 0.707. The first kappa shape index (κ1) is 9.52. The first-order chi connectivity index (χ1) is 5.70. The molecule has 0 aromatic rings. The van der Waals surface area contributed by atoms with E-state index in [1.807, 2.05) is 0 Å². The number of hydrogen-bond acceptors (Lipinski definition) is 2. The molecule has 1 unspecified atom stereocenters. The van der Waals surface area contributed by atoms with Gasteiger partial charge in [-0.05, 0) is 26.3 Å². The molecule has 1 atom stereocenters. The van der Waals surface area contributed by atoms with Gasteiger partial charge in [0.25, 0.3) is 0 Å². The molecule has 0 saturated carbocycles. The quantitative estimate of drug-likeness (QED) is 0.673. The molecule has 70 valence electrons. The van der Waals surface area contributed by atoms with E-state index in [-0.39, 0.29) is 5.91 Å². The van der Waals surface area contributed by atoms with Gasteiger partial charge >= 0.3 is 0 Å². The largest absolute Gasteiger partial charge is 0.355 e. The highest BCUT2D eigenvalue weighted by molar-refractivity contribution is 5.72. The maximum atomic E-state index is 10.6. The van der Waals surface area contributed by atoms with Crippen molar-refractivity contribution in [1.29, 1.82) is 0 Å². The summed E-state index contributed by atoms with van der Waals surface area (Å²) in [6.07, 6.45) is 2.61. The summed E-state index contributed by atoms with van der Waals surface area (Å²) in [5.41, 5.74) is 0. The molecule has 0 aliphatic carbocycles. The Morgan fingerprint density at radius 1 is 1.67 bits per heavy atom. The molecule has 1 rings (SSSR count). The lowest BCUT2D eigenvalue weighted by molar-refractivity contribution is -0.119. The van der Waals surface area contributed by atoms with E-state index in [0.717, 1.165) is 13.1 Å². The molecule has 12 heavy (non-hydrogen) atoms. The van der Waals surface area contributed by atoms with Gasteiger partial charge in [0.05, 0.1) is 0 Å². The molecule has 1 fully saturated rings. The van der Waals surface area contributed by atoms with Gasteiger partial charge in [0, 0.05) is 26.1 Å². The Kier molecular flexibility index (Phi) is 3.53. The number of amides is 1. The first-order valence-corrected chi connectivity index (χ1v) is 4.68. The topological polar surface area (TPSA) is 32.3 Å². The third-order valence-corrected chi connectivity index (χ3v) is 2.46. The van der Waals surface area contributed by atoms with E-state index in [2.05, 4.69) is 17.1 Å². The van der Waals surface area contributed by atoms with Crippen molar-refractivity contribution in [1.82, 2.24) is 10.2 Å². The van der Waals surface area contributed by atoms with Crippen LogP contribution in [0.15, 0.2) is 0 Å². The summed E-state index contributed by atoms with van der Waals surface area (Å²) in [7, 11) is 0. The second-order valence-electron chi connectivity index (χ2n) is 3.51. The van der Waals surface area contributed by atoms with Crippen LogP contribution in [0.3, 0.4) is 0 Å². The highest BCUT2D eigenvalue weighted by Crippen LogP contribution is 2.14. The smallest absolute Gasteiger partial charge is 0.216 e. The molecule has 1 heterocycles. The average molecular weight is 170 g/mol. The fourth-order valence-electron chi connectivity index (χ4n) is 1.70. The number of likely N-dealkylation sites (tertiary alicyclic amines) is 1. The van der Waals surface area contributed by atoms with Gasteiger partial charge in [0.15, 0.2) is 0 Å². The molecule has 3 nitrogen and oxygen atoms in total. The summed E-state index contributed by atoms with van der Waals surface area (Å²) in [6.45, 7) is 6.80. The van der Waals surface area contributed by atoms with Crippen LogP contribution in [0.2, 0.25) is 0 Å². The van der Waals surface area contributed by atoms with Gasteiger partial charge in [-0.25, -0.2) is 0 Å². The molecule has 0 radical (unpaired) electrons. The lowest BCUT2D eigenvalue weighted by atomic mass is 10.2. The van der Waals surface area contributed by atoms with Crippen molar-refractivity contribution in [2.45, 2.75) is 32.7 Å². The van der Waals surface area contributed by atoms with E-state index in [0.29, 0.717) is 6.04 Å². The lowest BCUT2D eigenvalue weighted by Gasteiger charge is -2.20. The van der Waals surface area contributed by atoms with Crippen LogP contribution in [0.5, 0.6) is 0 Å². The van der Waals surface area contributed by atoms with Crippen LogP contribution in [0, 0.1) is 0 Å². The SMILES string of the molecule is CC(=O)NCCN1CCCC1C. The third kappa shape index (κ3) is 2.81. The Morgan fingerprint density at radius 2 is 2.42 bits per heavy atom. The summed E-state index contributed by atoms with van der Waals surface area (Å²) in [5, 5.41) is 2.81. The van der Waals surface area contributed by atoms with Crippen LogP contribution in [-0.4, -0.2) is 36.5 Å². The predicted molar refractivity (Wildman–Crippen MR) is 49.0 cm³/mol. The van der Waals surface area contributed by atoms with Crippen LogP contribution < -0.4 is 5.32 Å². The van der Waals surface area contributed by atoms with E-state index in [1.165, 1.54) is 19.4 Å². The Bertz CT molecular complexity index is 159. The minimum absolute atomic E-state index is 0.0712. The Morgan fingerprint density at radius 3 is 2.92 bits per heavy atom. The molecule has 0 spiro atoms. The van der Waals surface area contributed by atoms with E-state index in [4.69, 9.17) is 0 Å². The average Bonchev–Trinajstić information content (AvgIpc) is 2.36. The minimum atomic E-state index is 0.0712. The predicted octanol–water partition coefficient (Wildman–Crippen LogP) is 0.607. The molecule has 0 aromatic heterocycles. The summed E-state index contributed by atoms with van der Waals surface area (Å²) < 4.78 is 0. The molecule has 1 aliphatic rings. The molecule has 1 saturated heterocycles. The number of rotatable bonds is 3. The van der Waals surface area contributed by atoms with E-state index >= 15 is 0 Å². The van der Waals surface area contributed by atoms with Crippen LogP contribution in [0.25, 0.3) is 0 Å². The highest BCUT2D eigenvalue weighted by Gasteiger charge is 2.18. The molecular weight excluding hydrogens is 152 g/mol. The van der Waals surface area contributed by atoms with Crippen LogP contribution in [0.4, 0.5) is 0 Å². The van der Waals surface area contributed by atoms with Gasteiger partial charge in [-0.3, -0.25) is 9.69 Å². The molecule has 1 N–H and O–H groups in total. The second kappa shape index (κ2) is 4.45. The minimum Gasteiger partial charge on any atom is -0.355 e. The monoisotopic (exact) mass is 170 g/mol. The third-order valence-electron chi connectivity index (χ3n) is 2.46. The highest BCUT2D eigenvalue weighted by atomic mass is 16.1. The van der Waals surface area contributed by atoms with Gasteiger partial charge in [-0.2, -0.15) is 0 Å². The van der Waals surface area contributed by atoms with Crippen molar-refractivity contribution >= 4 is 5.91 Å². The maximum Gasteiger partial charge on any atom is 0.216 e. The lowest BCUT2D eigenvalue weighted by Crippen LogP contribution is -2.35. The van der Waals surface area contributed by atoms with Crippen LogP contribution in [0.1, 0.15) is 26.7 Å². The molecule has 3 heteroatoms. The summed E-state index contributed by atoms with van der Waals surface area (Å²) in [5.74, 6) is 0.0712. The van der Waals surface area contributed by atoms with E-state index in [1.54, 1.807) is 6.92 Å². The molecule has 0 aromatic carbocycles. The van der Waals surface area contributed by atoms with Gasteiger partial charge in [0.2, 0.25) is 5.91 Å². The number of nitrogens with zero attached hydrogens (tertiary/aromatic N) is 1. The Labute approximate surface area is 74.1 Å². The normalized spacial score (nSPS) is 24.3. The van der Waals surface area contributed by atoms with E-state index < -0.39 is 0 Å². The van der Waals surface area contributed by atoms with Crippen molar-refractivity contribution in [3.63, 3.8) is 0 Å². The molecule has 0 bridgehead atoms. The van der Waals surface area contributed by atoms with Crippen LogP contribution in [-0.2, 0) is 4.79 Å². The van der Waals surface area contributed by atoms with Crippen molar-refractivity contribution < 1.29 is 4.79 Å². The fraction of sp³-hybridized carbons (Fsp3) is 0.889. The van der Waals surface area contributed by atoms with Crippen molar-refractivity contribution in [3.05, 3.63) is 0 Å². The molecular formula is C9H18N2O. The van der Waals surface area contributed by atoms with Crippen molar-refractivity contribution in [2.24, 2.45) is 0 Å². The number of nitrogens with one attached hydrogen (secondary N) is 1.